The summed E-state index contributed by atoms with van der Waals surface area (Å²) in [6.07, 6.45) is 1.12. The lowest BCUT2D eigenvalue weighted by Crippen LogP contribution is -2.02. The topological polar surface area (TPSA) is 18.5 Å². The zero-order valence-corrected chi connectivity index (χ0v) is 8.69. The van der Waals surface area contributed by atoms with Crippen LogP contribution in [0.3, 0.4) is 0 Å². The predicted octanol–water partition coefficient (Wildman–Crippen LogP) is 2.68. The van der Waals surface area contributed by atoms with Crippen LogP contribution in [0.15, 0.2) is 24.3 Å². The van der Waals surface area contributed by atoms with Crippen molar-refractivity contribution in [1.82, 2.24) is 0 Å². The fraction of sp³-hybridized carbons (Fsp3) is 0.500. The number of ether oxygens (including phenoxy) is 2. The SMILES string of the molecule is CCc1cccc(C2COC(C)O2)c1. The molecule has 0 aromatic heterocycles. The molecule has 0 bridgehead atoms. The molecule has 1 aliphatic rings. The van der Waals surface area contributed by atoms with E-state index in [0.29, 0.717) is 6.61 Å². The second-order valence-corrected chi connectivity index (χ2v) is 3.62. The van der Waals surface area contributed by atoms with Gasteiger partial charge in [0.05, 0.1) is 6.61 Å². The Morgan fingerprint density at radius 3 is 2.93 bits per heavy atom. The van der Waals surface area contributed by atoms with E-state index in [4.69, 9.17) is 9.47 Å². The Balaban J connectivity index is 2.15. The van der Waals surface area contributed by atoms with Gasteiger partial charge in [0.25, 0.3) is 0 Å². The lowest BCUT2D eigenvalue weighted by molar-refractivity contribution is -0.0426. The van der Waals surface area contributed by atoms with Gasteiger partial charge >= 0.3 is 0 Å². The van der Waals surface area contributed by atoms with Gasteiger partial charge in [0.2, 0.25) is 0 Å². The molecule has 14 heavy (non-hydrogen) atoms. The summed E-state index contributed by atoms with van der Waals surface area (Å²) >= 11 is 0. The van der Waals surface area contributed by atoms with Gasteiger partial charge in [-0.1, -0.05) is 31.2 Å². The molecule has 0 spiro atoms. The molecule has 2 rings (SSSR count). The summed E-state index contributed by atoms with van der Waals surface area (Å²) < 4.78 is 11.0. The van der Waals surface area contributed by atoms with E-state index >= 15 is 0 Å². The van der Waals surface area contributed by atoms with E-state index in [1.807, 2.05) is 6.92 Å². The van der Waals surface area contributed by atoms with Gasteiger partial charge < -0.3 is 9.47 Å². The highest BCUT2D eigenvalue weighted by Crippen LogP contribution is 2.26. The van der Waals surface area contributed by atoms with Gasteiger partial charge in [0.15, 0.2) is 6.29 Å². The summed E-state index contributed by atoms with van der Waals surface area (Å²) in [6, 6.07) is 8.53. The smallest absolute Gasteiger partial charge is 0.155 e. The number of aryl methyl sites for hydroxylation is 1. The highest BCUT2D eigenvalue weighted by Gasteiger charge is 2.23. The van der Waals surface area contributed by atoms with Crippen LogP contribution in [0.25, 0.3) is 0 Å². The first-order chi connectivity index (χ1) is 6.79. The highest BCUT2D eigenvalue weighted by molar-refractivity contribution is 5.25. The minimum absolute atomic E-state index is 0.0646. The van der Waals surface area contributed by atoms with Gasteiger partial charge in [-0.05, 0) is 24.5 Å². The van der Waals surface area contributed by atoms with Crippen LogP contribution >= 0.6 is 0 Å². The van der Waals surface area contributed by atoms with Crippen LogP contribution in [0.4, 0.5) is 0 Å². The van der Waals surface area contributed by atoms with Crippen molar-refractivity contribution in [2.75, 3.05) is 6.61 Å². The molecule has 0 N–H and O–H groups in total. The number of benzene rings is 1. The molecule has 1 saturated heterocycles. The van der Waals surface area contributed by atoms with Gasteiger partial charge in [-0.25, -0.2) is 0 Å². The van der Waals surface area contributed by atoms with Crippen molar-refractivity contribution in [2.45, 2.75) is 32.7 Å². The summed E-state index contributed by atoms with van der Waals surface area (Å²) in [4.78, 5) is 0. The van der Waals surface area contributed by atoms with Crippen LogP contribution in [0.5, 0.6) is 0 Å². The molecule has 76 valence electrons. The van der Waals surface area contributed by atoms with Gasteiger partial charge in [-0.2, -0.15) is 0 Å². The van der Waals surface area contributed by atoms with E-state index in [1.54, 1.807) is 0 Å². The van der Waals surface area contributed by atoms with E-state index in [0.717, 1.165) is 6.42 Å². The molecule has 1 aromatic carbocycles. The number of hydrogen-bond acceptors (Lipinski definition) is 2. The van der Waals surface area contributed by atoms with Crippen LogP contribution in [-0.4, -0.2) is 12.9 Å². The predicted molar refractivity (Wildman–Crippen MR) is 55.1 cm³/mol. The molecular formula is C12H16O2. The molecule has 1 fully saturated rings. The van der Waals surface area contributed by atoms with Crippen molar-refractivity contribution in [1.29, 1.82) is 0 Å². The summed E-state index contributed by atoms with van der Waals surface area (Å²) in [7, 11) is 0. The Morgan fingerprint density at radius 1 is 1.43 bits per heavy atom. The lowest BCUT2D eigenvalue weighted by atomic mass is 10.1. The second-order valence-electron chi connectivity index (χ2n) is 3.62. The van der Waals surface area contributed by atoms with Crippen molar-refractivity contribution in [3.05, 3.63) is 35.4 Å². The fourth-order valence-corrected chi connectivity index (χ4v) is 1.72. The molecule has 0 saturated carbocycles. The van der Waals surface area contributed by atoms with Crippen molar-refractivity contribution in [3.8, 4) is 0 Å². The maximum atomic E-state index is 5.62. The van der Waals surface area contributed by atoms with Crippen LogP contribution in [0.2, 0.25) is 0 Å². The van der Waals surface area contributed by atoms with Crippen molar-refractivity contribution in [3.63, 3.8) is 0 Å². The van der Waals surface area contributed by atoms with Crippen LogP contribution in [0, 0.1) is 0 Å². The van der Waals surface area contributed by atoms with Gasteiger partial charge in [-0.15, -0.1) is 0 Å². The molecule has 2 heteroatoms. The molecule has 1 aromatic rings. The zero-order valence-electron chi connectivity index (χ0n) is 8.69. The minimum Gasteiger partial charge on any atom is -0.350 e. The second kappa shape index (κ2) is 4.11. The van der Waals surface area contributed by atoms with Crippen molar-refractivity contribution in [2.24, 2.45) is 0 Å². The molecule has 0 amide bonds. The van der Waals surface area contributed by atoms with E-state index < -0.39 is 0 Å². The Labute approximate surface area is 84.8 Å². The minimum atomic E-state index is -0.0646. The van der Waals surface area contributed by atoms with Crippen molar-refractivity contribution < 1.29 is 9.47 Å². The number of rotatable bonds is 2. The third-order valence-electron chi connectivity index (χ3n) is 2.57. The standard InChI is InChI=1S/C12H16O2/c1-3-10-5-4-6-11(7-10)12-8-13-9(2)14-12/h4-7,9,12H,3,8H2,1-2H3. The van der Waals surface area contributed by atoms with Gasteiger partial charge in [-0.3, -0.25) is 0 Å². The first kappa shape index (κ1) is 9.69. The Kier molecular flexibility index (Phi) is 2.85. The van der Waals surface area contributed by atoms with Crippen LogP contribution < -0.4 is 0 Å². The van der Waals surface area contributed by atoms with Crippen molar-refractivity contribution >= 4 is 0 Å². The third-order valence-corrected chi connectivity index (χ3v) is 2.57. The van der Waals surface area contributed by atoms with E-state index in [1.165, 1.54) is 11.1 Å². The molecule has 2 unspecified atom stereocenters. The molecular weight excluding hydrogens is 176 g/mol. The molecule has 1 heterocycles. The summed E-state index contributed by atoms with van der Waals surface area (Å²) in [5, 5.41) is 0. The Morgan fingerprint density at radius 2 is 2.29 bits per heavy atom. The van der Waals surface area contributed by atoms with E-state index in [2.05, 4.69) is 31.2 Å². The average molecular weight is 192 g/mol. The fourth-order valence-electron chi connectivity index (χ4n) is 1.72. The highest BCUT2D eigenvalue weighted by atomic mass is 16.7. The number of hydrogen-bond donors (Lipinski definition) is 0. The van der Waals surface area contributed by atoms with Gasteiger partial charge in [0, 0.05) is 0 Å². The normalized spacial score (nSPS) is 26.7. The monoisotopic (exact) mass is 192 g/mol. The molecule has 1 aliphatic heterocycles. The van der Waals surface area contributed by atoms with E-state index in [9.17, 15) is 0 Å². The lowest BCUT2D eigenvalue weighted by Gasteiger charge is -2.09. The summed E-state index contributed by atoms with van der Waals surface area (Å²) in [5.74, 6) is 0. The Hall–Kier alpha value is -0.860. The summed E-state index contributed by atoms with van der Waals surface area (Å²) in [5.41, 5.74) is 2.58. The Bertz CT molecular complexity index is 309. The maximum Gasteiger partial charge on any atom is 0.155 e. The quantitative estimate of drug-likeness (QED) is 0.717. The molecule has 2 atom stereocenters. The van der Waals surface area contributed by atoms with Crippen LogP contribution in [0.1, 0.15) is 31.1 Å². The molecule has 0 aliphatic carbocycles. The first-order valence-corrected chi connectivity index (χ1v) is 5.15. The first-order valence-electron chi connectivity index (χ1n) is 5.15. The largest absolute Gasteiger partial charge is 0.350 e. The average Bonchev–Trinajstić information content (AvgIpc) is 2.65. The van der Waals surface area contributed by atoms with Crippen LogP contribution in [-0.2, 0) is 15.9 Å². The van der Waals surface area contributed by atoms with E-state index in [-0.39, 0.29) is 12.4 Å². The summed E-state index contributed by atoms with van der Waals surface area (Å²) in [6.45, 7) is 4.77. The maximum absolute atomic E-state index is 5.62. The molecule has 2 nitrogen and oxygen atoms in total. The van der Waals surface area contributed by atoms with Gasteiger partial charge in [0.1, 0.15) is 6.10 Å². The third kappa shape index (κ3) is 1.97. The zero-order chi connectivity index (χ0) is 9.97. The molecule has 0 radical (unpaired) electrons.